The molecule has 1 fully saturated rings. The largest absolute Gasteiger partial charge is 0.355 e. The Labute approximate surface area is 121 Å². The van der Waals surface area contributed by atoms with E-state index in [9.17, 15) is 4.79 Å². The summed E-state index contributed by atoms with van der Waals surface area (Å²) in [5, 5.41) is 6.40. The zero-order valence-electron chi connectivity index (χ0n) is 12.2. The molecule has 108 valence electrons. The van der Waals surface area contributed by atoms with Crippen molar-refractivity contribution in [2.24, 2.45) is 11.8 Å². The molecule has 0 heterocycles. The molecule has 3 rings (SSSR count). The van der Waals surface area contributed by atoms with Crippen LogP contribution in [0.4, 0.5) is 0 Å². The maximum atomic E-state index is 11.7. The molecule has 2 aliphatic carbocycles. The van der Waals surface area contributed by atoms with Crippen molar-refractivity contribution in [3.05, 3.63) is 35.4 Å². The maximum absolute atomic E-state index is 11.7. The third kappa shape index (κ3) is 2.73. The van der Waals surface area contributed by atoms with Crippen molar-refractivity contribution < 1.29 is 4.79 Å². The molecule has 1 amide bonds. The quantitative estimate of drug-likeness (QED) is 0.879. The smallest absolute Gasteiger partial charge is 0.233 e. The van der Waals surface area contributed by atoms with Gasteiger partial charge >= 0.3 is 0 Å². The van der Waals surface area contributed by atoms with E-state index in [-0.39, 0.29) is 5.91 Å². The molecule has 20 heavy (non-hydrogen) atoms. The Bertz CT molecular complexity index is 453. The normalized spacial score (nSPS) is 27.8. The predicted molar refractivity (Wildman–Crippen MR) is 80.5 cm³/mol. The van der Waals surface area contributed by atoms with E-state index in [4.69, 9.17) is 0 Å². The minimum Gasteiger partial charge on any atom is -0.355 e. The standard InChI is InChI=1S/C17H24N2O/c1-2-18-16(20)11-19-17-14-7-8-15(17)10-13-6-4-3-5-12(13)9-14/h3-6,14-15,17,19H,2,7-11H2,1H3,(H,18,20). The van der Waals surface area contributed by atoms with Crippen LogP contribution in [0, 0.1) is 11.8 Å². The second-order valence-electron chi connectivity index (χ2n) is 6.13. The summed E-state index contributed by atoms with van der Waals surface area (Å²) in [4.78, 5) is 11.7. The van der Waals surface area contributed by atoms with Crippen LogP contribution in [0.5, 0.6) is 0 Å². The van der Waals surface area contributed by atoms with Crippen LogP contribution < -0.4 is 10.6 Å². The number of hydrogen-bond donors (Lipinski definition) is 2. The minimum atomic E-state index is 0.119. The number of rotatable bonds is 4. The Hall–Kier alpha value is -1.35. The summed E-state index contributed by atoms with van der Waals surface area (Å²) < 4.78 is 0. The number of carbonyl (C=O) groups is 1. The predicted octanol–water partition coefficient (Wildman–Crippen LogP) is 1.91. The molecule has 0 saturated heterocycles. The minimum absolute atomic E-state index is 0.119. The third-order valence-electron chi connectivity index (χ3n) is 4.88. The highest BCUT2D eigenvalue weighted by molar-refractivity contribution is 5.77. The van der Waals surface area contributed by atoms with Crippen molar-refractivity contribution in [1.29, 1.82) is 0 Å². The van der Waals surface area contributed by atoms with Gasteiger partial charge in [-0.25, -0.2) is 0 Å². The lowest BCUT2D eigenvalue weighted by atomic mass is 9.94. The lowest BCUT2D eigenvalue weighted by Gasteiger charge is -2.23. The van der Waals surface area contributed by atoms with E-state index in [2.05, 4.69) is 34.9 Å². The fraction of sp³-hybridized carbons (Fsp3) is 0.588. The van der Waals surface area contributed by atoms with Crippen LogP contribution in [0.3, 0.4) is 0 Å². The molecule has 0 aromatic heterocycles. The highest BCUT2D eigenvalue weighted by Gasteiger charge is 2.38. The monoisotopic (exact) mass is 272 g/mol. The highest BCUT2D eigenvalue weighted by Crippen LogP contribution is 2.39. The van der Waals surface area contributed by atoms with Gasteiger partial charge in [-0.05, 0) is 55.6 Å². The van der Waals surface area contributed by atoms with Crippen LogP contribution >= 0.6 is 0 Å². The summed E-state index contributed by atoms with van der Waals surface area (Å²) in [6.07, 6.45) is 4.93. The molecule has 1 saturated carbocycles. The van der Waals surface area contributed by atoms with E-state index >= 15 is 0 Å². The van der Waals surface area contributed by atoms with Crippen molar-refractivity contribution in [2.45, 2.75) is 38.6 Å². The summed E-state index contributed by atoms with van der Waals surface area (Å²) >= 11 is 0. The first kappa shape index (κ1) is 13.6. The molecule has 0 radical (unpaired) electrons. The Balaban J connectivity index is 1.68. The van der Waals surface area contributed by atoms with E-state index < -0.39 is 0 Å². The highest BCUT2D eigenvalue weighted by atomic mass is 16.1. The number of benzene rings is 1. The molecule has 1 aromatic rings. The molecule has 3 heteroatoms. The number of fused-ring (bicyclic) bond motifs is 3. The van der Waals surface area contributed by atoms with Crippen molar-refractivity contribution in [1.82, 2.24) is 10.6 Å². The first-order chi connectivity index (χ1) is 9.78. The fourth-order valence-electron chi connectivity index (χ4n) is 3.95. The SMILES string of the molecule is CCNC(=O)CNC1C2CCC1Cc1ccccc1C2. The van der Waals surface area contributed by atoms with Gasteiger partial charge in [0.25, 0.3) is 0 Å². The number of likely N-dealkylation sites (N-methyl/N-ethyl adjacent to an activating group) is 1. The van der Waals surface area contributed by atoms with E-state index in [1.807, 2.05) is 6.92 Å². The molecule has 2 N–H and O–H groups in total. The first-order valence-corrected chi connectivity index (χ1v) is 7.84. The zero-order valence-corrected chi connectivity index (χ0v) is 12.2. The van der Waals surface area contributed by atoms with E-state index in [1.165, 1.54) is 36.8 Å². The average molecular weight is 272 g/mol. The Morgan fingerprint density at radius 3 is 2.30 bits per heavy atom. The van der Waals surface area contributed by atoms with Crippen molar-refractivity contribution >= 4 is 5.91 Å². The average Bonchev–Trinajstić information content (AvgIpc) is 2.71. The molecule has 0 aliphatic heterocycles. The second kappa shape index (κ2) is 5.96. The molecule has 1 aromatic carbocycles. The lowest BCUT2D eigenvalue weighted by Crippen LogP contribution is -2.43. The van der Waals surface area contributed by atoms with Gasteiger partial charge in [0.1, 0.15) is 0 Å². The third-order valence-corrected chi connectivity index (χ3v) is 4.88. The Morgan fingerprint density at radius 2 is 1.75 bits per heavy atom. The van der Waals surface area contributed by atoms with Gasteiger partial charge in [0, 0.05) is 12.6 Å². The van der Waals surface area contributed by atoms with Crippen LogP contribution in [-0.4, -0.2) is 25.0 Å². The van der Waals surface area contributed by atoms with Crippen molar-refractivity contribution in [2.75, 3.05) is 13.1 Å². The van der Waals surface area contributed by atoms with Crippen LogP contribution in [0.2, 0.25) is 0 Å². The topological polar surface area (TPSA) is 41.1 Å². The van der Waals surface area contributed by atoms with Gasteiger partial charge < -0.3 is 10.6 Å². The van der Waals surface area contributed by atoms with Gasteiger partial charge in [0.2, 0.25) is 5.91 Å². The zero-order chi connectivity index (χ0) is 13.9. The number of carbonyl (C=O) groups excluding carboxylic acids is 1. The van der Waals surface area contributed by atoms with Crippen LogP contribution in [0.15, 0.2) is 24.3 Å². The van der Waals surface area contributed by atoms with Gasteiger partial charge in [0.05, 0.1) is 6.54 Å². The lowest BCUT2D eigenvalue weighted by molar-refractivity contribution is -0.120. The number of nitrogens with one attached hydrogen (secondary N) is 2. The van der Waals surface area contributed by atoms with E-state index in [1.54, 1.807) is 0 Å². The van der Waals surface area contributed by atoms with Crippen LogP contribution in [0.1, 0.15) is 30.9 Å². The Kier molecular flexibility index (Phi) is 4.06. The second-order valence-corrected chi connectivity index (χ2v) is 6.13. The van der Waals surface area contributed by atoms with Crippen molar-refractivity contribution in [3.63, 3.8) is 0 Å². The number of hydrogen-bond acceptors (Lipinski definition) is 2. The molecular weight excluding hydrogens is 248 g/mol. The molecule has 0 spiro atoms. The Morgan fingerprint density at radius 1 is 1.15 bits per heavy atom. The van der Waals surface area contributed by atoms with E-state index in [0.29, 0.717) is 31.0 Å². The summed E-state index contributed by atoms with van der Waals surface area (Å²) in [7, 11) is 0. The van der Waals surface area contributed by atoms with Gasteiger partial charge in [-0.1, -0.05) is 24.3 Å². The molecule has 3 nitrogen and oxygen atoms in total. The summed E-state index contributed by atoms with van der Waals surface area (Å²) in [5.41, 5.74) is 3.04. The van der Waals surface area contributed by atoms with Gasteiger partial charge in [-0.15, -0.1) is 0 Å². The first-order valence-electron chi connectivity index (χ1n) is 7.84. The summed E-state index contributed by atoms with van der Waals surface area (Å²) in [6.45, 7) is 3.13. The van der Waals surface area contributed by atoms with Crippen molar-refractivity contribution in [3.8, 4) is 0 Å². The van der Waals surface area contributed by atoms with E-state index in [0.717, 1.165) is 0 Å². The molecule has 2 bridgehead atoms. The summed E-state index contributed by atoms with van der Waals surface area (Å²) in [5.74, 6) is 1.50. The summed E-state index contributed by atoms with van der Waals surface area (Å²) in [6, 6.07) is 9.35. The fourth-order valence-corrected chi connectivity index (χ4v) is 3.95. The molecular formula is C17H24N2O. The number of amides is 1. The maximum Gasteiger partial charge on any atom is 0.233 e. The van der Waals surface area contributed by atoms with Gasteiger partial charge in [-0.2, -0.15) is 0 Å². The van der Waals surface area contributed by atoms with Gasteiger partial charge in [0.15, 0.2) is 0 Å². The molecule has 2 unspecified atom stereocenters. The molecule has 2 atom stereocenters. The van der Waals surface area contributed by atoms with Gasteiger partial charge in [-0.3, -0.25) is 4.79 Å². The van der Waals surface area contributed by atoms with Crippen LogP contribution in [0.25, 0.3) is 0 Å². The molecule has 2 aliphatic rings. The van der Waals surface area contributed by atoms with Crippen LogP contribution in [-0.2, 0) is 17.6 Å².